The molecule has 1 N–H and O–H groups in total. The Hall–Kier alpha value is -2.67. The Kier molecular flexibility index (Phi) is 4.46. The average molecular weight is 353 g/mol. The molecule has 1 amide bonds. The minimum Gasteiger partial charge on any atom is -0.381 e. The molecule has 136 valence electrons. The van der Waals surface area contributed by atoms with Crippen molar-refractivity contribution in [2.75, 3.05) is 13.2 Å². The lowest BCUT2D eigenvalue weighted by molar-refractivity contribution is 0.0498. The van der Waals surface area contributed by atoms with E-state index in [9.17, 15) is 4.79 Å². The Balaban J connectivity index is 1.61. The van der Waals surface area contributed by atoms with Crippen molar-refractivity contribution in [1.29, 1.82) is 0 Å². The zero-order valence-corrected chi connectivity index (χ0v) is 15.1. The molecule has 0 unspecified atom stereocenters. The number of fused-ring (bicyclic) bond motifs is 1. The van der Waals surface area contributed by atoms with Crippen molar-refractivity contribution in [3.8, 4) is 0 Å². The number of carbonyl (C=O) groups excluding carboxylic acids is 1. The molecule has 0 aliphatic carbocycles. The fraction of sp³-hybridized carbons (Fsp3) is 0.421. The van der Waals surface area contributed by atoms with Gasteiger partial charge in [0.15, 0.2) is 0 Å². The van der Waals surface area contributed by atoms with Crippen molar-refractivity contribution in [3.63, 3.8) is 0 Å². The van der Waals surface area contributed by atoms with Gasteiger partial charge in [-0.05, 0) is 43.4 Å². The van der Waals surface area contributed by atoms with E-state index in [-0.39, 0.29) is 11.9 Å². The number of carbonyl (C=O) groups is 1. The van der Waals surface area contributed by atoms with E-state index in [4.69, 9.17) is 4.74 Å². The van der Waals surface area contributed by atoms with Crippen molar-refractivity contribution in [3.05, 3.63) is 54.0 Å². The molecular formula is C19H23N5O2. The van der Waals surface area contributed by atoms with Crippen molar-refractivity contribution in [2.45, 2.75) is 25.8 Å². The van der Waals surface area contributed by atoms with Crippen LogP contribution in [0.3, 0.4) is 0 Å². The van der Waals surface area contributed by atoms with Crippen molar-refractivity contribution < 1.29 is 9.53 Å². The lowest BCUT2D eigenvalue weighted by atomic mass is 9.91. The summed E-state index contributed by atoms with van der Waals surface area (Å²) in [6.07, 6.45) is 9.17. The molecule has 3 aromatic heterocycles. The van der Waals surface area contributed by atoms with Crippen LogP contribution < -0.4 is 5.32 Å². The highest BCUT2D eigenvalue weighted by atomic mass is 16.5. The number of ether oxygens (including phenoxy) is 1. The first-order chi connectivity index (χ1) is 12.6. The van der Waals surface area contributed by atoms with Crippen LogP contribution in [0.4, 0.5) is 0 Å². The maximum Gasteiger partial charge on any atom is 0.272 e. The lowest BCUT2D eigenvalue weighted by Crippen LogP contribution is -2.37. The first-order valence-corrected chi connectivity index (χ1v) is 8.93. The Labute approximate surface area is 152 Å². The van der Waals surface area contributed by atoms with Gasteiger partial charge in [0.1, 0.15) is 17.2 Å². The minimum absolute atomic E-state index is 0.155. The molecule has 1 fully saturated rings. The van der Waals surface area contributed by atoms with Crippen LogP contribution >= 0.6 is 0 Å². The highest BCUT2D eigenvalue weighted by Crippen LogP contribution is 2.29. The molecule has 4 rings (SSSR count). The maximum atomic E-state index is 12.9. The number of aromatic nitrogens is 4. The van der Waals surface area contributed by atoms with E-state index in [2.05, 4.69) is 15.3 Å². The SMILES string of the molecule is Cc1ccn2cc(C(=O)N[C@H](c3nccn3C)C3CCOCC3)nc2c1. The van der Waals surface area contributed by atoms with Gasteiger partial charge in [0, 0.05) is 45.0 Å². The summed E-state index contributed by atoms with van der Waals surface area (Å²) in [5.74, 6) is 0.990. The molecule has 1 atom stereocenters. The fourth-order valence-corrected chi connectivity index (χ4v) is 3.53. The molecule has 0 aromatic carbocycles. The molecule has 1 aliphatic rings. The molecule has 26 heavy (non-hydrogen) atoms. The van der Waals surface area contributed by atoms with Crippen LogP contribution in [0.5, 0.6) is 0 Å². The van der Waals surface area contributed by atoms with E-state index in [0.29, 0.717) is 11.6 Å². The number of rotatable bonds is 4. The molecule has 1 saturated heterocycles. The molecule has 4 heterocycles. The van der Waals surface area contributed by atoms with Crippen LogP contribution in [0.2, 0.25) is 0 Å². The van der Waals surface area contributed by atoms with E-state index in [1.54, 1.807) is 12.4 Å². The third kappa shape index (κ3) is 3.22. The molecule has 0 bridgehead atoms. The second-order valence-electron chi connectivity index (χ2n) is 6.89. The summed E-state index contributed by atoms with van der Waals surface area (Å²) >= 11 is 0. The fourth-order valence-electron chi connectivity index (χ4n) is 3.53. The van der Waals surface area contributed by atoms with E-state index in [0.717, 1.165) is 43.1 Å². The Morgan fingerprint density at radius 1 is 1.35 bits per heavy atom. The third-order valence-electron chi connectivity index (χ3n) is 5.01. The van der Waals surface area contributed by atoms with Crippen molar-refractivity contribution in [1.82, 2.24) is 24.3 Å². The molecule has 3 aromatic rings. The van der Waals surface area contributed by atoms with Gasteiger partial charge < -0.3 is 19.0 Å². The molecular weight excluding hydrogens is 330 g/mol. The van der Waals surface area contributed by atoms with Crippen LogP contribution in [0.1, 0.15) is 40.8 Å². The van der Waals surface area contributed by atoms with Gasteiger partial charge in [-0.2, -0.15) is 0 Å². The third-order valence-corrected chi connectivity index (χ3v) is 5.01. The number of nitrogens with one attached hydrogen (secondary N) is 1. The number of imidazole rings is 2. The monoisotopic (exact) mass is 353 g/mol. The van der Waals surface area contributed by atoms with E-state index in [1.165, 1.54) is 0 Å². The summed E-state index contributed by atoms with van der Waals surface area (Å²) in [7, 11) is 1.95. The smallest absolute Gasteiger partial charge is 0.272 e. The van der Waals surface area contributed by atoms with Gasteiger partial charge >= 0.3 is 0 Å². The van der Waals surface area contributed by atoms with Gasteiger partial charge in [-0.1, -0.05) is 0 Å². The normalized spacial score (nSPS) is 16.7. The average Bonchev–Trinajstić information content (AvgIpc) is 3.26. The number of pyridine rings is 1. The second kappa shape index (κ2) is 6.92. The lowest BCUT2D eigenvalue weighted by Gasteiger charge is -2.30. The second-order valence-corrected chi connectivity index (χ2v) is 6.89. The zero-order valence-electron chi connectivity index (χ0n) is 15.1. The van der Waals surface area contributed by atoms with Gasteiger partial charge in [-0.3, -0.25) is 4.79 Å². The predicted octanol–water partition coefficient (Wildman–Crippen LogP) is 2.27. The van der Waals surface area contributed by atoms with Gasteiger partial charge in [0.2, 0.25) is 0 Å². The topological polar surface area (TPSA) is 73.5 Å². The van der Waals surface area contributed by atoms with Crippen LogP contribution in [0.25, 0.3) is 5.65 Å². The molecule has 1 aliphatic heterocycles. The summed E-state index contributed by atoms with van der Waals surface area (Å²) in [6.45, 7) is 3.45. The Morgan fingerprint density at radius 2 is 2.15 bits per heavy atom. The summed E-state index contributed by atoms with van der Waals surface area (Å²) in [4.78, 5) is 21.9. The minimum atomic E-state index is -0.175. The number of hydrogen-bond donors (Lipinski definition) is 1. The van der Waals surface area contributed by atoms with Gasteiger partial charge in [0.25, 0.3) is 5.91 Å². The number of nitrogens with zero attached hydrogens (tertiary/aromatic N) is 4. The van der Waals surface area contributed by atoms with E-state index >= 15 is 0 Å². The molecule has 0 spiro atoms. The number of aryl methyl sites for hydroxylation is 2. The molecule has 0 saturated carbocycles. The van der Waals surface area contributed by atoms with Crippen LogP contribution in [-0.2, 0) is 11.8 Å². The van der Waals surface area contributed by atoms with E-state index in [1.807, 2.05) is 47.5 Å². The summed E-state index contributed by atoms with van der Waals surface area (Å²) in [6, 6.07) is 3.80. The molecule has 7 nitrogen and oxygen atoms in total. The number of amides is 1. The van der Waals surface area contributed by atoms with Crippen LogP contribution in [0.15, 0.2) is 36.9 Å². The van der Waals surface area contributed by atoms with Crippen LogP contribution in [-0.4, -0.2) is 38.1 Å². The summed E-state index contributed by atoms with van der Waals surface area (Å²) in [5.41, 5.74) is 2.31. The maximum absolute atomic E-state index is 12.9. The van der Waals surface area contributed by atoms with Crippen molar-refractivity contribution >= 4 is 11.6 Å². The van der Waals surface area contributed by atoms with E-state index < -0.39 is 0 Å². The van der Waals surface area contributed by atoms with Crippen molar-refractivity contribution in [2.24, 2.45) is 13.0 Å². The standard InChI is InChI=1S/C19H23N5O2/c1-13-3-7-24-12-15(21-16(24)11-13)19(25)22-17(14-4-9-26-10-5-14)18-20-6-8-23(18)2/h3,6-8,11-12,14,17H,4-5,9-10H2,1-2H3,(H,22,25)/t17-/m0/s1. The predicted molar refractivity (Wildman–Crippen MR) is 96.9 cm³/mol. The largest absolute Gasteiger partial charge is 0.381 e. The summed E-state index contributed by atoms with van der Waals surface area (Å²) in [5, 5.41) is 3.17. The van der Waals surface area contributed by atoms with Gasteiger partial charge in [-0.25, -0.2) is 9.97 Å². The highest BCUT2D eigenvalue weighted by molar-refractivity contribution is 5.93. The Morgan fingerprint density at radius 3 is 2.88 bits per heavy atom. The summed E-state index contributed by atoms with van der Waals surface area (Å²) < 4.78 is 9.32. The first-order valence-electron chi connectivity index (χ1n) is 8.93. The Bertz CT molecular complexity index is 923. The zero-order chi connectivity index (χ0) is 18.1. The quantitative estimate of drug-likeness (QED) is 0.781. The van der Waals surface area contributed by atoms with Gasteiger partial charge in [-0.15, -0.1) is 0 Å². The highest BCUT2D eigenvalue weighted by Gasteiger charge is 2.30. The molecule has 7 heteroatoms. The van der Waals surface area contributed by atoms with Gasteiger partial charge in [0.05, 0.1) is 6.04 Å². The molecule has 0 radical (unpaired) electrons. The number of hydrogen-bond acceptors (Lipinski definition) is 4. The van der Waals surface area contributed by atoms with Crippen LogP contribution in [0, 0.1) is 12.8 Å². The first kappa shape index (κ1) is 16.8.